The number of rotatable bonds is 4. The molecule has 2 fully saturated rings. The van der Waals surface area contributed by atoms with Crippen molar-refractivity contribution in [1.82, 2.24) is 10.6 Å². The van der Waals surface area contributed by atoms with Crippen molar-refractivity contribution in [3.63, 3.8) is 0 Å². The molecule has 2 aliphatic carbocycles. The molecule has 2 saturated carbocycles. The van der Waals surface area contributed by atoms with Crippen LogP contribution in [0, 0.1) is 5.92 Å². The summed E-state index contributed by atoms with van der Waals surface area (Å²) in [5.41, 5.74) is 0. The molecule has 0 aromatic carbocycles. The molecule has 92 valence electrons. The second kappa shape index (κ2) is 5.85. The molecule has 0 aromatic heterocycles. The van der Waals surface area contributed by atoms with Crippen LogP contribution < -0.4 is 10.6 Å². The van der Waals surface area contributed by atoms with Gasteiger partial charge in [-0.3, -0.25) is 0 Å². The zero-order chi connectivity index (χ0) is 11.4. The summed E-state index contributed by atoms with van der Waals surface area (Å²) in [7, 11) is 0. The average molecular weight is 240 g/mol. The van der Waals surface area contributed by atoms with Gasteiger partial charge < -0.3 is 10.6 Å². The summed E-state index contributed by atoms with van der Waals surface area (Å²) in [4.78, 5) is 0. The zero-order valence-electron chi connectivity index (χ0n) is 10.3. The Balaban J connectivity index is 1.62. The predicted octanol–water partition coefficient (Wildman–Crippen LogP) is 2.97. The summed E-state index contributed by atoms with van der Waals surface area (Å²) in [6, 6.07) is 1.16. The fraction of sp³-hybridized carbons (Fsp3) is 0.923. The van der Waals surface area contributed by atoms with Crippen molar-refractivity contribution in [3.8, 4) is 0 Å². The van der Waals surface area contributed by atoms with E-state index in [1.807, 2.05) is 0 Å². The molecule has 0 heterocycles. The predicted molar refractivity (Wildman–Crippen MR) is 72.5 cm³/mol. The van der Waals surface area contributed by atoms with Crippen LogP contribution in [0.5, 0.6) is 0 Å². The highest BCUT2D eigenvalue weighted by molar-refractivity contribution is 7.80. The van der Waals surface area contributed by atoms with Gasteiger partial charge in [0.1, 0.15) is 0 Å². The van der Waals surface area contributed by atoms with Gasteiger partial charge in [-0.05, 0) is 44.3 Å². The minimum atomic E-state index is 0.538. The molecule has 0 aromatic rings. The molecule has 2 aliphatic rings. The van der Waals surface area contributed by atoms with Gasteiger partial charge in [0, 0.05) is 12.1 Å². The topological polar surface area (TPSA) is 24.1 Å². The highest BCUT2D eigenvalue weighted by atomic mass is 32.1. The van der Waals surface area contributed by atoms with Gasteiger partial charge in [-0.15, -0.1) is 0 Å². The molecule has 2 N–H and O–H groups in total. The first-order chi connectivity index (χ1) is 7.74. The van der Waals surface area contributed by atoms with Gasteiger partial charge in [-0.25, -0.2) is 0 Å². The molecule has 0 amide bonds. The minimum Gasteiger partial charge on any atom is -0.360 e. The number of thiocarbonyl (C=S) groups is 1. The minimum absolute atomic E-state index is 0.538. The first-order valence-electron chi connectivity index (χ1n) is 6.81. The largest absolute Gasteiger partial charge is 0.360 e. The van der Waals surface area contributed by atoms with Gasteiger partial charge in [0.25, 0.3) is 0 Å². The molecular formula is C13H24N2S. The Labute approximate surface area is 105 Å². The highest BCUT2D eigenvalue weighted by Crippen LogP contribution is 2.33. The van der Waals surface area contributed by atoms with Crippen LogP contribution in [0.3, 0.4) is 0 Å². The van der Waals surface area contributed by atoms with E-state index in [9.17, 15) is 0 Å². The van der Waals surface area contributed by atoms with Crippen molar-refractivity contribution in [2.45, 2.75) is 70.4 Å². The quantitative estimate of drug-likeness (QED) is 0.739. The molecule has 16 heavy (non-hydrogen) atoms. The maximum Gasteiger partial charge on any atom is 0.166 e. The Bertz CT molecular complexity index is 232. The first kappa shape index (κ1) is 12.2. The maximum atomic E-state index is 5.36. The molecule has 0 spiro atoms. The Morgan fingerprint density at radius 1 is 1.19 bits per heavy atom. The van der Waals surface area contributed by atoms with E-state index in [-0.39, 0.29) is 0 Å². The molecule has 3 heteroatoms. The highest BCUT2D eigenvalue weighted by Gasteiger charge is 2.24. The van der Waals surface area contributed by atoms with E-state index in [1.54, 1.807) is 0 Å². The Morgan fingerprint density at radius 3 is 2.50 bits per heavy atom. The third-order valence-corrected chi connectivity index (χ3v) is 3.94. The van der Waals surface area contributed by atoms with E-state index in [2.05, 4.69) is 17.6 Å². The first-order valence-corrected chi connectivity index (χ1v) is 7.22. The lowest BCUT2D eigenvalue weighted by Crippen LogP contribution is -2.45. The van der Waals surface area contributed by atoms with Gasteiger partial charge in [-0.1, -0.05) is 32.1 Å². The fourth-order valence-corrected chi connectivity index (χ4v) is 2.98. The average Bonchev–Trinajstić information content (AvgIpc) is 3.02. The van der Waals surface area contributed by atoms with Crippen molar-refractivity contribution in [2.75, 3.05) is 0 Å². The SMILES string of the molecule is CC(CC1CC1)NC(=S)NC1CCCCC1. The second-order valence-corrected chi connectivity index (χ2v) is 5.94. The molecular weight excluding hydrogens is 216 g/mol. The van der Waals surface area contributed by atoms with Crippen LogP contribution in [0.15, 0.2) is 0 Å². The maximum absolute atomic E-state index is 5.36. The van der Waals surface area contributed by atoms with Gasteiger partial charge in [-0.2, -0.15) is 0 Å². The van der Waals surface area contributed by atoms with Gasteiger partial charge >= 0.3 is 0 Å². The third-order valence-electron chi connectivity index (χ3n) is 3.70. The van der Waals surface area contributed by atoms with E-state index in [1.165, 1.54) is 51.4 Å². The van der Waals surface area contributed by atoms with Crippen molar-refractivity contribution in [2.24, 2.45) is 5.92 Å². The molecule has 0 bridgehead atoms. The Hall–Kier alpha value is -0.310. The van der Waals surface area contributed by atoms with Crippen LogP contribution in [0.25, 0.3) is 0 Å². The van der Waals surface area contributed by atoms with Gasteiger partial charge in [0.15, 0.2) is 5.11 Å². The van der Waals surface area contributed by atoms with Gasteiger partial charge in [0.05, 0.1) is 0 Å². The van der Waals surface area contributed by atoms with E-state index in [0.29, 0.717) is 12.1 Å². The number of hydrogen-bond acceptors (Lipinski definition) is 1. The summed E-state index contributed by atoms with van der Waals surface area (Å²) < 4.78 is 0. The van der Waals surface area contributed by atoms with Crippen molar-refractivity contribution >= 4 is 17.3 Å². The standard InChI is InChI=1S/C13H24N2S/c1-10(9-11-7-8-11)14-13(16)15-12-5-3-2-4-6-12/h10-12H,2-9H2,1H3,(H2,14,15,16). The van der Waals surface area contributed by atoms with Crippen molar-refractivity contribution < 1.29 is 0 Å². The van der Waals surface area contributed by atoms with Crippen LogP contribution in [-0.2, 0) is 0 Å². The monoisotopic (exact) mass is 240 g/mol. The van der Waals surface area contributed by atoms with Crippen LogP contribution in [-0.4, -0.2) is 17.2 Å². The molecule has 0 radical (unpaired) electrons. The smallest absolute Gasteiger partial charge is 0.166 e. The van der Waals surface area contributed by atoms with E-state index in [0.717, 1.165) is 11.0 Å². The van der Waals surface area contributed by atoms with Crippen molar-refractivity contribution in [3.05, 3.63) is 0 Å². The summed E-state index contributed by atoms with van der Waals surface area (Å²) in [6.45, 7) is 2.24. The lowest BCUT2D eigenvalue weighted by atomic mass is 9.96. The van der Waals surface area contributed by atoms with Crippen LogP contribution >= 0.6 is 12.2 Å². The third kappa shape index (κ3) is 4.28. The zero-order valence-corrected chi connectivity index (χ0v) is 11.1. The Morgan fingerprint density at radius 2 is 1.88 bits per heavy atom. The van der Waals surface area contributed by atoms with Crippen LogP contribution in [0.1, 0.15) is 58.3 Å². The van der Waals surface area contributed by atoms with E-state index < -0.39 is 0 Å². The summed E-state index contributed by atoms with van der Waals surface area (Å²) in [6.07, 6.45) is 10.8. The summed E-state index contributed by atoms with van der Waals surface area (Å²) >= 11 is 5.36. The molecule has 2 nitrogen and oxygen atoms in total. The summed E-state index contributed by atoms with van der Waals surface area (Å²) in [5, 5.41) is 7.76. The van der Waals surface area contributed by atoms with Gasteiger partial charge in [0.2, 0.25) is 0 Å². The van der Waals surface area contributed by atoms with E-state index >= 15 is 0 Å². The normalized spacial score (nSPS) is 23.8. The second-order valence-electron chi connectivity index (χ2n) is 5.53. The molecule has 0 saturated heterocycles. The lowest BCUT2D eigenvalue weighted by molar-refractivity contribution is 0.409. The molecule has 1 unspecified atom stereocenters. The molecule has 0 aliphatic heterocycles. The van der Waals surface area contributed by atoms with Crippen LogP contribution in [0.4, 0.5) is 0 Å². The number of hydrogen-bond donors (Lipinski definition) is 2. The Kier molecular flexibility index (Phi) is 4.45. The van der Waals surface area contributed by atoms with Crippen LogP contribution in [0.2, 0.25) is 0 Å². The molecule has 1 atom stereocenters. The fourth-order valence-electron chi connectivity index (χ4n) is 2.61. The summed E-state index contributed by atoms with van der Waals surface area (Å²) in [5.74, 6) is 0.972. The van der Waals surface area contributed by atoms with E-state index in [4.69, 9.17) is 12.2 Å². The lowest BCUT2D eigenvalue weighted by Gasteiger charge is -2.25. The molecule has 2 rings (SSSR count). The van der Waals surface area contributed by atoms with Crippen molar-refractivity contribution in [1.29, 1.82) is 0 Å². The number of nitrogens with one attached hydrogen (secondary N) is 2.